The average Bonchev–Trinajstić information content (AvgIpc) is 2.47. The highest BCUT2D eigenvalue weighted by molar-refractivity contribution is 5.50. The van der Waals surface area contributed by atoms with Crippen LogP contribution in [0, 0.1) is 0 Å². The zero-order valence-corrected chi connectivity index (χ0v) is 11.7. The van der Waals surface area contributed by atoms with Crippen LogP contribution >= 0.6 is 0 Å². The van der Waals surface area contributed by atoms with Gasteiger partial charge >= 0.3 is 0 Å². The number of methoxy groups -OCH3 is 2. The van der Waals surface area contributed by atoms with Gasteiger partial charge in [0.25, 0.3) is 0 Å². The fourth-order valence-electron chi connectivity index (χ4n) is 2.12. The molecule has 0 saturated carbocycles. The monoisotopic (exact) mass is 273 g/mol. The van der Waals surface area contributed by atoms with Crippen LogP contribution in [0.4, 0.5) is 5.69 Å². The van der Waals surface area contributed by atoms with Crippen molar-refractivity contribution in [1.29, 1.82) is 0 Å². The van der Waals surface area contributed by atoms with Gasteiger partial charge in [0.1, 0.15) is 0 Å². The highest BCUT2D eigenvalue weighted by atomic mass is 16.5. The minimum absolute atomic E-state index is 0.377. The summed E-state index contributed by atoms with van der Waals surface area (Å²) in [6, 6.07) is 7.55. The predicted octanol–water partition coefficient (Wildman–Crippen LogP) is 1.73. The van der Waals surface area contributed by atoms with Crippen LogP contribution in [0.15, 0.2) is 30.5 Å². The van der Waals surface area contributed by atoms with Gasteiger partial charge in [-0.2, -0.15) is 0 Å². The van der Waals surface area contributed by atoms with Crippen molar-refractivity contribution in [1.82, 2.24) is 4.98 Å². The Balaban J connectivity index is 2.33. The Labute approximate surface area is 118 Å². The van der Waals surface area contributed by atoms with Gasteiger partial charge in [0.05, 0.1) is 19.9 Å². The van der Waals surface area contributed by atoms with Crippen LogP contribution in [0.3, 0.4) is 0 Å². The summed E-state index contributed by atoms with van der Waals surface area (Å²) in [7, 11) is 3.23. The molecule has 2 aromatic rings. The zero-order valence-electron chi connectivity index (χ0n) is 11.7. The molecule has 0 aliphatic rings. The molecule has 1 aromatic heterocycles. The standard InChI is InChI=1S/C15H19N3O2/c1-19-14-4-3-10(8-15(14)20-2)7-13-11(9-16)12(17)5-6-18-13/h3-6,8H,7,9,16H2,1-2H3,(H2,17,18). The summed E-state index contributed by atoms with van der Waals surface area (Å²) < 4.78 is 10.5. The topological polar surface area (TPSA) is 83.4 Å². The lowest BCUT2D eigenvalue weighted by molar-refractivity contribution is 0.354. The fraction of sp³-hybridized carbons (Fsp3) is 0.267. The van der Waals surface area contributed by atoms with E-state index in [0.29, 0.717) is 30.2 Å². The second kappa shape index (κ2) is 6.25. The van der Waals surface area contributed by atoms with Crippen LogP contribution in [0.1, 0.15) is 16.8 Å². The maximum Gasteiger partial charge on any atom is 0.160 e. The summed E-state index contributed by atoms with van der Waals surface area (Å²) in [6.45, 7) is 0.377. The lowest BCUT2D eigenvalue weighted by Crippen LogP contribution is -2.08. The molecule has 1 heterocycles. The van der Waals surface area contributed by atoms with Crippen LogP contribution in [-0.4, -0.2) is 19.2 Å². The molecule has 0 radical (unpaired) electrons. The minimum atomic E-state index is 0.377. The predicted molar refractivity (Wildman–Crippen MR) is 78.9 cm³/mol. The second-order valence-electron chi connectivity index (χ2n) is 4.40. The Morgan fingerprint density at radius 2 is 1.85 bits per heavy atom. The molecular weight excluding hydrogens is 254 g/mol. The summed E-state index contributed by atoms with van der Waals surface area (Å²) in [5.74, 6) is 1.40. The van der Waals surface area contributed by atoms with Gasteiger partial charge in [0.15, 0.2) is 11.5 Å². The number of hydrogen-bond donors (Lipinski definition) is 2. The van der Waals surface area contributed by atoms with E-state index in [1.54, 1.807) is 26.5 Å². The summed E-state index contributed by atoms with van der Waals surface area (Å²) >= 11 is 0. The van der Waals surface area contributed by atoms with Crippen LogP contribution < -0.4 is 20.9 Å². The van der Waals surface area contributed by atoms with Gasteiger partial charge in [-0.3, -0.25) is 4.98 Å². The van der Waals surface area contributed by atoms with E-state index in [4.69, 9.17) is 20.9 Å². The average molecular weight is 273 g/mol. The molecule has 0 saturated heterocycles. The van der Waals surface area contributed by atoms with Gasteiger partial charge in [-0.05, 0) is 23.8 Å². The van der Waals surface area contributed by atoms with Gasteiger partial charge in [0.2, 0.25) is 0 Å². The molecule has 0 spiro atoms. The molecule has 4 N–H and O–H groups in total. The Morgan fingerprint density at radius 1 is 1.10 bits per heavy atom. The van der Waals surface area contributed by atoms with Gasteiger partial charge in [-0.1, -0.05) is 6.07 Å². The molecule has 5 nitrogen and oxygen atoms in total. The third-order valence-corrected chi connectivity index (χ3v) is 3.20. The van der Waals surface area contributed by atoms with Crippen LogP contribution in [0.2, 0.25) is 0 Å². The SMILES string of the molecule is COc1ccc(Cc2nccc(N)c2CN)cc1OC. The van der Waals surface area contributed by atoms with Crippen LogP contribution in [0.5, 0.6) is 11.5 Å². The lowest BCUT2D eigenvalue weighted by atomic mass is 10.0. The minimum Gasteiger partial charge on any atom is -0.493 e. The second-order valence-corrected chi connectivity index (χ2v) is 4.40. The van der Waals surface area contributed by atoms with E-state index >= 15 is 0 Å². The zero-order chi connectivity index (χ0) is 14.5. The molecule has 2 rings (SSSR count). The van der Waals surface area contributed by atoms with E-state index in [0.717, 1.165) is 16.8 Å². The van der Waals surface area contributed by atoms with Gasteiger partial charge in [0, 0.05) is 30.4 Å². The first-order valence-electron chi connectivity index (χ1n) is 6.32. The van der Waals surface area contributed by atoms with E-state index in [9.17, 15) is 0 Å². The summed E-state index contributed by atoms with van der Waals surface area (Å²) in [5.41, 5.74) is 15.2. The smallest absolute Gasteiger partial charge is 0.160 e. The molecule has 1 aromatic carbocycles. The number of aromatic nitrogens is 1. The Kier molecular flexibility index (Phi) is 4.42. The van der Waals surface area contributed by atoms with Crippen molar-refractivity contribution in [2.75, 3.05) is 20.0 Å². The first-order chi connectivity index (χ1) is 9.69. The molecule has 0 unspecified atom stereocenters. The van der Waals surface area contributed by atoms with Crippen LogP contribution in [-0.2, 0) is 13.0 Å². The Hall–Kier alpha value is -2.27. The van der Waals surface area contributed by atoms with Crippen molar-refractivity contribution in [2.24, 2.45) is 5.73 Å². The van der Waals surface area contributed by atoms with Crippen molar-refractivity contribution in [3.05, 3.63) is 47.3 Å². The molecule has 0 aliphatic carbocycles. The van der Waals surface area contributed by atoms with E-state index in [1.807, 2.05) is 18.2 Å². The molecule has 106 valence electrons. The molecule has 0 fully saturated rings. The van der Waals surface area contributed by atoms with Crippen molar-refractivity contribution in [3.8, 4) is 11.5 Å². The molecule has 0 bridgehead atoms. The summed E-state index contributed by atoms with van der Waals surface area (Å²) in [4.78, 5) is 4.37. The van der Waals surface area contributed by atoms with Crippen molar-refractivity contribution < 1.29 is 9.47 Å². The van der Waals surface area contributed by atoms with E-state index in [-0.39, 0.29) is 0 Å². The molecule has 0 aliphatic heterocycles. The van der Waals surface area contributed by atoms with E-state index in [1.165, 1.54) is 0 Å². The van der Waals surface area contributed by atoms with Crippen molar-refractivity contribution in [2.45, 2.75) is 13.0 Å². The highest BCUT2D eigenvalue weighted by Gasteiger charge is 2.10. The number of hydrogen-bond acceptors (Lipinski definition) is 5. The maximum absolute atomic E-state index is 5.92. The number of ether oxygens (including phenoxy) is 2. The normalized spacial score (nSPS) is 10.3. The number of anilines is 1. The maximum atomic E-state index is 5.92. The lowest BCUT2D eigenvalue weighted by Gasteiger charge is -2.12. The van der Waals surface area contributed by atoms with E-state index < -0.39 is 0 Å². The third-order valence-electron chi connectivity index (χ3n) is 3.20. The number of nitrogens with zero attached hydrogens (tertiary/aromatic N) is 1. The number of rotatable bonds is 5. The van der Waals surface area contributed by atoms with Crippen molar-refractivity contribution in [3.63, 3.8) is 0 Å². The Morgan fingerprint density at radius 3 is 2.50 bits per heavy atom. The first-order valence-corrected chi connectivity index (χ1v) is 6.32. The van der Waals surface area contributed by atoms with Gasteiger partial charge in [-0.15, -0.1) is 0 Å². The number of nitrogens with two attached hydrogens (primary N) is 2. The summed E-state index contributed by atoms with van der Waals surface area (Å²) in [6.07, 6.45) is 2.35. The number of benzene rings is 1. The summed E-state index contributed by atoms with van der Waals surface area (Å²) in [5, 5.41) is 0. The first kappa shape index (κ1) is 14.1. The van der Waals surface area contributed by atoms with Crippen molar-refractivity contribution >= 4 is 5.69 Å². The fourth-order valence-corrected chi connectivity index (χ4v) is 2.12. The number of nitrogen functional groups attached to an aromatic ring is 1. The molecule has 20 heavy (non-hydrogen) atoms. The van der Waals surface area contributed by atoms with Gasteiger partial charge < -0.3 is 20.9 Å². The molecule has 5 heteroatoms. The molecule has 0 amide bonds. The molecule has 0 atom stereocenters. The van der Waals surface area contributed by atoms with Crippen LogP contribution in [0.25, 0.3) is 0 Å². The number of pyridine rings is 1. The Bertz CT molecular complexity index is 600. The highest BCUT2D eigenvalue weighted by Crippen LogP contribution is 2.29. The van der Waals surface area contributed by atoms with E-state index in [2.05, 4.69) is 4.98 Å². The van der Waals surface area contributed by atoms with Gasteiger partial charge in [-0.25, -0.2) is 0 Å². The third kappa shape index (κ3) is 2.83. The quantitative estimate of drug-likeness (QED) is 0.866. The molecular formula is C15H19N3O2. The largest absolute Gasteiger partial charge is 0.493 e.